The highest BCUT2D eigenvalue weighted by Crippen LogP contribution is 2.18. The Morgan fingerprint density at radius 1 is 1.44 bits per heavy atom. The molecular formula is C12H13N5O. The third kappa shape index (κ3) is 1.88. The third-order valence-corrected chi connectivity index (χ3v) is 2.70. The molecule has 6 heteroatoms. The lowest BCUT2D eigenvalue weighted by Gasteiger charge is -1.97. The first-order valence-electron chi connectivity index (χ1n) is 5.55. The number of ether oxygens (including phenoxy) is 1. The quantitative estimate of drug-likeness (QED) is 0.728. The second kappa shape index (κ2) is 4.06. The Morgan fingerprint density at radius 2 is 2.33 bits per heavy atom. The Kier molecular flexibility index (Phi) is 2.40. The second-order valence-electron chi connectivity index (χ2n) is 4.04. The molecule has 0 bridgehead atoms. The summed E-state index contributed by atoms with van der Waals surface area (Å²) in [6.07, 6.45) is 3.39. The number of imidazole rings is 1. The van der Waals surface area contributed by atoms with Gasteiger partial charge in [0.05, 0.1) is 36.6 Å². The van der Waals surface area contributed by atoms with E-state index in [1.807, 2.05) is 18.2 Å². The van der Waals surface area contributed by atoms with Crippen LogP contribution >= 0.6 is 0 Å². The van der Waals surface area contributed by atoms with Gasteiger partial charge in [-0.15, -0.1) is 0 Å². The van der Waals surface area contributed by atoms with E-state index in [4.69, 9.17) is 10.5 Å². The van der Waals surface area contributed by atoms with Gasteiger partial charge in [0.15, 0.2) is 0 Å². The Morgan fingerprint density at radius 3 is 3.06 bits per heavy atom. The zero-order valence-electron chi connectivity index (χ0n) is 9.92. The van der Waals surface area contributed by atoms with Gasteiger partial charge in [0.1, 0.15) is 11.6 Å². The molecule has 0 saturated carbocycles. The van der Waals surface area contributed by atoms with Crippen LogP contribution in [0.25, 0.3) is 11.0 Å². The van der Waals surface area contributed by atoms with Crippen LogP contribution in [0.4, 0.5) is 5.69 Å². The maximum atomic E-state index is 5.61. The molecule has 6 nitrogen and oxygen atoms in total. The van der Waals surface area contributed by atoms with E-state index in [0.717, 1.165) is 22.6 Å². The molecule has 3 aromatic rings. The zero-order chi connectivity index (χ0) is 12.5. The van der Waals surface area contributed by atoms with Crippen LogP contribution in [0.1, 0.15) is 5.82 Å². The molecule has 0 amide bonds. The Balaban J connectivity index is 1.93. The lowest BCUT2D eigenvalue weighted by atomic mass is 10.3. The minimum Gasteiger partial charge on any atom is -0.497 e. The molecular weight excluding hydrogens is 230 g/mol. The number of rotatable bonds is 3. The number of nitrogen functional groups attached to an aromatic ring is 1. The lowest BCUT2D eigenvalue weighted by molar-refractivity contribution is 0.415. The van der Waals surface area contributed by atoms with Gasteiger partial charge >= 0.3 is 0 Å². The summed E-state index contributed by atoms with van der Waals surface area (Å²) in [5.74, 6) is 1.64. The van der Waals surface area contributed by atoms with Gasteiger partial charge in [-0.25, -0.2) is 4.98 Å². The van der Waals surface area contributed by atoms with Crippen molar-refractivity contribution < 1.29 is 4.74 Å². The van der Waals surface area contributed by atoms with E-state index in [0.29, 0.717) is 12.2 Å². The fourth-order valence-corrected chi connectivity index (χ4v) is 1.86. The monoisotopic (exact) mass is 243 g/mol. The van der Waals surface area contributed by atoms with Crippen molar-refractivity contribution in [3.8, 4) is 5.75 Å². The topological polar surface area (TPSA) is 81.8 Å². The summed E-state index contributed by atoms with van der Waals surface area (Å²) in [6, 6.07) is 5.73. The van der Waals surface area contributed by atoms with Crippen LogP contribution in [-0.4, -0.2) is 26.9 Å². The SMILES string of the molecule is COc1ccc2nc(Cn3cc(N)cn3)[nH]c2c1. The zero-order valence-corrected chi connectivity index (χ0v) is 9.92. The number of aromatic nitrogens is 4. The molecule has 2 heterocycles. The van der Waals surface area contributed by atoms with Crippen molar-refractivity contribution in [2.45, 2.75) is 6.54 Å². The number of anilines is 1. The minimum absolute atomic E-state index is 0.564. The van der Waals surface area contributed by atoms with Crippen LogP contribution < -0.4 is 10.5 Å². The first kappa shape index (κ1) is 10.6. The number of hydrogen-bond donors (Lipinski definition) is 2. The Hall–Kier alpha value is -2.50. The summed E-state index contributed by atoms with van der Waals surface area (Å²) in [4.78, 5) is 7.72. The Bertz CT molecular complexity index is 685. The number of H-pyrrole nitrogens is 1. The molecule has 0 aliphatic heterocycles. The van der Waals surface area contributed by atoms with Crippen LogP contribution in [0, 0.1) is 0 Å². The molecule has 0 spiro atoms. The molecule has 0 aliphatic rings. The molecule has 0 unspecified atom stereocenters. The van der Waals surface area contributed by atoms with Crippen LogP contribution in [0.2, 0.25) is 0 Å². The van der Waals surface area contributed by atoms with Crippen molar-refractivity contribution in [1.82, 2.24) is 19.7 Å². The number of fused-ring (bicyclic) bond motifs is 1. The number of nitrogens with zero attached hydrogens (tertiary/aromatic N) is 3. The molecule has 0 fully saturated rings. The molecule has 0 aliphatic carbocycles. The second-order valence-corrected chi connectivity index (χ2v) is 4.04. The van der Waals surface area contributed by atoms with E-state index in [1.165, 1.54) is 0 Å². The average molecular weight is 243 g/mol. The normalized spacial score (nSPS) is 10.9. The molecule has 18 heavy (non-hydrogen) atoms. The fraction of sp³-hybridized carbons (Fsp3) is 0.167. The van der Waals surface area contributed by atoms with Crippen molar-refractivity contribution in [3.05, 3.63) is 36.4 Å². The largest absolute Gasteiger partial charge is 0.497 e. The number of nitrogens with one attached hydrogen (secondary N) is 1. The van der Waals surface area contributed by atoms with Gasteiger partial charge in [0, 0.05) is 12.3 Å². The van der Waals surface area contributed by atoms with Gasteiger partial charge in [0.25, 0.3) is 0 Å². The van der Waals surface area contributed by atoms with Crippen LogP contribution in [0.3, 0.4) is 0 Å². The first-order chi connectivity index (χ1) is 8.74. The standard InChI is InChI=1S/C12H13N5O/c1-18-9-2-3-10-11(4-9)16-12(15-10)7-17-6-8(13)5-14-17/h2-6H,7,13H2,1H3,(H,15,16). The highest BCUT2D eigenvalue weighted by Gasteiger charge is 2.05. The number of nitrogens with two attached hydrogens (primary N) is 1. The van der Waals surface area contributed by atoms with E-state index < -0.39 is 0 Å². The van der Waals surface area contributed by atoms with Crippen LogP contribution in [0.15, 0.2) is 30.6 Å². The van der Waals surface area contributed by atoms with E-state index in [-0.39, 0.29) is 0 Å². The molecule has 0 saturated heterocycles. The predicted octanol–water partition coefficient (Wildman–Crippen LogP) is 1.40. The van der Waals surface area contributed by atoms with Gasteiger partial charge in [-0.1, -0.05) is 0 Å². The van der Waals surface area contributed by atoms with Crippen LogP contribution in [0.5, 0.6) is 5.75 Å². The smallest absolute Gasteiger partial charge is 0.129 e. The molecule has 0 radical (unpaired) electrons. The van der Waals surface area contributed by atoms with Gasteiger partial charge in [-0.3, -0.25) is 4.68 Å². The summed E-state index contributed by atoms with van der Waals surface area (Å²) in [5.41, 5.74) is 8.12. The van der Waals surface area contributed by atoms with Crippen molar-refractivity contribution in [1.29, 1.82) is 0 Å². The van der Waals surface area contributed by atoms with Crippen molar-refractivity contribution in [2.24, 2.45) is 0 Å². The van der Waals surface area contributed by atoms with Gasteiger partial charge in [0.2, 0.25) is 0 Å². The average Bonchev–Trinajstić information content (AvgIpc) is 2.94. The van der Waals surface area contributed by atoms with Crippen molar-refractivity contribution in [3.63, 3.8) is 0 Å². The maximum Gasteiger partial charge on any atom is 0.129 e. The highest BCUT2D eigenvalue weighted by molar-refractivity contribution is 5.76. The summed E-state index contributed by atoms with van der Waals surface area (Å²) >= 11 is 0. The summed E-state index contributed by atoms with van der Waals surface area (Å²) in [6.45, 7) is 0.564. The number of methoxy groups -OCH3 is 1. The minimum atomic E-state index is 0.564. The molecule has 0 atom stereocenters. The van der Waals surface area contributed by atoms with E-state index >= 15 is 0 Å². The first-order valence-corrected chi connectivity index (χ1v) is 5.55. The molecule has 3 N–H and O–H groups in total. The van der Waals surface area contributed by atoms with E-state index in [9.17, 15) is 0 Å². The number of benzene rings is 1. The molecule has 3 rings (SSSR count). The Labute approximate surface area is 103 Å². The number of hydrogen-bond acceptors (Lipinski definition) is 4. The molecule has 92 valence electrons. The lowest BCUT2D eigenvalue weighted by Crippen LogP contribution is -2.01. The van der Waals surface area contributed by atoms with E-state index in [2.05, 4.69) is 15.1 Å². The van der Waals surface area contributed by atoms with Crippen LogP contribution in [-0.2, 0) is 6.54 Å². The summed E-state index contributed by atoms with van der Waals surface area (Å²) in [5, 5.41) is 4.12. The van der Waals surface area contributed by atoms with Crippen molar-refractivity contribution >= 4 is 16.7 Å². The van der Waals surface area contributed by atoms with E-state index in [1.54, 1.807) is 24.2 Å². The molecule has 2 aromatic heterocycles. The predicted molar refractivity (Wildman–Crippen MR) is 68.4 cm³/mol. The highest BCUT2D eigenvalue weighted by atomic mass is 16.5. The maximum absolute atomic E-state index is 5.61. The van der Waals surface area contributed by atoms with Crippen molar-refractivity contribution in [2.75, 3.05) is 12.8 Å². The number of aromatic amines is 1. The molecule has 1 aromatic carbocycles. The third-order valence-electron chi connectivity index (χ3n) is 2.70. The summed E-state index contributed by atoms with van der Waals surface area (Å²) in [7, 11) is 1.64. The summed E-state index contributed by atoms with van der Waals surface area (Å²) < 4.78 is 6.91. The van der Waals surface area contributed by atoms with Gasteiger partial charge < -0.3 is 15.5 Å². The fourth-order valence-electron chi connectivity index (χ4n) is 1.86. The van der Waals surface area contributed by atoms with Gasteiger partial charge in [-0.05, 0) is 12.1 Å². The van der Waals surface area contributed by atoms with Gasteiger partial charge in [-0.2, -0.15) is 5.10 Å².